The summed E-state index contributed by atoms with van der Waals surface area (Å²) in [5.41, 5.74) is 2.62. The van der Waals surface area contributed by atoms with Gasteiger partial charge in [0.25, 0.3) is 0 Å². The van der Waals surface area contributed by atoms with Crippen molar-refractivity contribution in [2.24, 2.45) is 11.8 Å². The lowest BCUT2D eigenvalue weighted by atomic mass is 9.88. The second-order valence-electron chi connectivity index (χ2n) is 6.27. The standard InChI is InChI=1S/C20H23NO/c1-15-14-19(15)20(22)21-13-12-18(16-8-4-2-5-9-16)17-10-6-3-7-11-17/h2-11,15,18-19H,12-14H2,1H3,(H,21,22)/t15-,19-/m0/s1. The van der Waals surface area contributed by atoms with Crippen LogP contribution < -0.4 is 5.32 Å². The lowest BCUT2D eigenvalue weighted by molar-refractivity contribution is -0.122. The number of nitrogens with one attached hydrogen (secondary N) is 1. The smallest absolute Gasteiger partial charge is 0.223 e. The van der Waals surface area contributed by atoms with Gasteiger partial charge in [-0.2, -0.15) is 0 Å². The van der Waals surface area contributed by atoms with E-state index in [0.717, 1.165) is 19.4 Å². The van der Waals surface area contributed by atoms with Gasteiger partial charge in [-0.3, -0.25) is 4.79 Å². The number of hydrogen-bond acceptors (Lipinski definition) is 1. The van der Waals surface area contributed by atoms with Crippen LogP contribution in [0.4, 0.5) is 0 Å². The van der Waals surface area contributed by atoms with Gasteiger partial charge in [-0.05, 0) is 29.9 Å². The molecule has 0 aliphatic heterocycles. The molecule has 2 nitrogen and oxygen atoms in total. The van der Waals surface area contributed by atoms with E-state index in [1.54, 1.807) is 0 Å². The fourth-order valence-corrected chi connectivity index (χ4v) is 3.05. The van der Waals surface area contributed by atoms with Crippen LogP contribution in [0, 0.1) is 11.8 Å². The maximum absolute atomic E-state index is 12.0. The summed E-state index contributed by atoms with van der Waals surface area (Å²) < 4.78 is 0. The molecule has 2 heteroatoms. The minimum absolute atomic E-state index is 0.229. The van der Waals surface area contributed by atoms with Crippen molar-refractivity contribution in [3.05, 3.63) is 71.8 Å². The number of carbonyl (C=O) groups is 1. The van der Waals surface area contributed by atoms with Crippen LogP contribution in [0.2, 0.25) is 0 Å². The summed E-state index contributed by atoms with van der Waals surface area (Å²) in [6.07, 6.45) is 1.98. The topological polar surface area (TPSA) is 29.1 Å². The summed E-state index contributed by atoms with van der Waals surface area (Å²) in [5, 5.41) is 3.11. The molecule has 0 radical (unpaired) electrons. The van der Waals surface area contributed by atoms with Crippen LogP contribution >= 0.6 is 0 Å². The van der Waals surface area contributed by atoms with Crippen molar-refractivity contribution in [3.63, 3.8) is 0 Å². The van der Waals surface area contributed by atoms with E-state index in [4.69, 9.17) is 0 Å². The lowest BCUT2D eigenvalue weighted by Gasteiger charge is -2.18. The second-order valence-corrected chi connectivity index (χ2v) is 6.27. The van der Waals surface area contributed by atoms with Crippen LogP contribution in [0.25, 0.3) is 0 Å². The molecule has 2 aromatic rings. The zero-order chi connectivity index (χ0) is 15.4. The van der Waals surface area contributed by atoms with Gasteiger partial charge in [0.05, 0.1) is 0 Å². The Balaban J connectivity index is 1.66. The van der Waals surface area contributed by atoms with Crippen LogP contribution in [-0.2, 0) is 4.79 Å². The first-order valence-corrected chi connectivity index (χ1v) is 8.13. The predicted octanol–water partition coefficient (Wildman–Crippen LogP) is 3.98. The molecular weight excluding hydrogens is 270 g/mol. The molecular formula is C20H23NO. The molecule has 1 fully saturated rings. The van der Waals surface area contributed by atoms with Crippen LogP contribution in [0.3, 0.4) is 0 Å². The van der Waals surface area contributed by atoms with Gasteiger partial charge in [-0.15, -0.1) is 0 Å². The first kappa shape index (κ1) is 14.8. The van der Waals surface area contributed by atoms with E-state index < -0.39 is 0 Å². The van der Waals surface area contributed by atoms with Crippen molar-refractivity contribution in [3.8, 4) is 0 Å². The number of rotatable bonds is 6. The van der Waals surface area contributed by atoms with E-state index in [-0.39, 0.29) is 11.8 Å². The number of carbonyl (C=O) groups excluding carboxylic acids is 1. The maximum Gasteiger partial charge on any atom is 0.223 e. The van der Waals surface area contributed by atoms with Crippen molar-refractivity contribution in [1.82, 2.24) is 5.32 Å². The van der Waals surface area contributed by atoms with Gasteiger partial charge in [0.2, 0.25) is 5.91 Å². The molecule has 0 bridgehead atoms. The Morgan fingerprint density at radius 3 is 2.00 bits per heavy atom. The molecule has 0 unspecified atom stereocenters. The molecule has 0 heterocycles. The lowest BCUT2D eigenvalue weighted by Crippen LogP contribution is -2.27. The van der Waals surface area contributed by atoms with Crippen LogP contribution in [0.15, 0.2) is 60.7 Å². The quantitative estimate of drug-likeness (QED) is 0.857. The zero-order valence-electron chi connectivity index (χ0n) is 13.0. The summed E-state index contributed by atoms with van der Waals surface area (Å²) >= 11 is 0. The zero-order valence-corrected chi connectivity index (χ0v) is 13.0. The highest BCUT2D eigenvalue weighted by Gasteiger charge is 2.38. The first-order valence-electron chi connectivity index (χ1n) is 8.13. The van der Waals surface area contributed by atoms with Crippen LogP contribution in [0.5, 0.6) is 0 Å². The van der Waals surface area contributed by atoms with Crippen molar-refractivity contribution < 1.29 is 4.79 Å². The van der Waals surface area contributed by atoms with Gasteiger partial charge >= 0.3 is 0 Å². The van der Waals surface area contributed by atoms with Gasteiger partial charge in [-0.25, -0.2) is 0 Å². The summed E-state index contributed by atoms with van der Waals surface area (Å²) in [4.78, 5) is 12.0. The normalized spacial score (nSPS) is 19.9. The predicted molar refractivity (Wildman–Crippen MR) is 89.6 cm³/mol. The third-order valence-electron chi connectivity index (χ3n) is 4.58. The van der Waals surface area contributed by atoms with Crippen molar-refractivity contribution in [2.75, 3.05) is 6.54 Å². The summed E-state index contributed by atoms with van der Waals surface area (Å²) in [6, 6.07) is 21.1. The highest BCUT2D eigenvalue weighted by Crippen LogP contribution is 2.37. The minimum atomic E-state index is 0.229. The molecule has 1 N–H and O–H groups in total. The SMILES string of the molecule is C[C@H]1C[C@@H]1C(=O)NCCC(c1ccccc1)c1ccccc1. The van der Waals surface area contributed by atoms with Crippen molar-refractivity contribution >= 4 is 5.91 Å². The Hall–Kier alpha value is -2.09. The van der Waals surface area contributed by atoms with Gasteiger partial charge in [0.1, 0.15) is 0 Å². The molecule has 2 atom stereocenters. The summed E-state index contributed by atoms with van der Waals surface area (Å²) in [5.74, 6) is 1.39. The minimum Gasteiger partial charge on any atom is -0.356 e. The van der Waals surface area contributed by atoms with Crippen molar-refractivity contribution in [2.45, 2.75) is 25.7 Å². The Labute approximate surface area is 132 Å². The van der Waals surface area contributed by atoms with Gasteiger partial charge in [0, 0.05) is 18.4 Å². The molecule has 0 spiro atoms. The second kappa shape index (κ2) is 6.78. The van der Waals surface area contributed by atoms with E-state index in [1.807, 2.05) is 12.1 Å². The molecule has 1 aliphatic carbocycles. The monoisotopic (exact) mass is 293 g/mol. The number of amides is 1. The van der Waals surface area contributed by atoms with Crippen LogP contribution in [0.1, 0.15) is 36.8 Å². The third kappa shape index (κ3) is 3.56. The fourth-order valence-electron chi connectivity index (χ4n) is 3.05. The first-order chi connectivity index (χ1) is 10.8. The Morgan fingerprint density at radius 1 is 1.05 bits per heavy atom. The molecule has 2 aromatic carbocycles. The highest BCUT2D eigenvalue weighted by molar-refractivity contribution is 5.81. The number of benzene rings is 2. The Kier molecular flexibility index (Phi) is 4.57. The average molecular weight is 293 g/mol. The molecule has 1 saturated carbocycles. The van der Waals surface area contributed by atoms with E-state index in [2.05, 4.69) is 60.8 Å². The van der Waals surface area contributed by atoms with Gasteiger partial charge < -0.3 is 5.32 Å². The van der Waals surface area contributed by atoms with E-state index in [1.165, 1.54) is 11.1 Å². The highest BCUT2D eigenvalue weighted by atomic mass is 16.2. The van der Waals surface area contributed by atoms with Crippen LogP contribution in [-0.4, -0.2) is 12.5 Å². The summed E-state index contributed by atoms with van der Waals surface area (Å²) in [6.45, 7) is 2.87. The average Bonchev–Trinajstić information content (AvgIpc) is 3.30. The molecule has 0 aromatic heterocycles. The molecule has 22 heavy (non-hydrogen) atoms. The summed E-state index contributed by atoms with van der Waals surface area (Å²) in [7, 11) is 0. The van der Waals surface area contributed by atoms with Gasteiger partial charge in [0.15, 0.2) is 0 Å². The van der Waals surface area contributed by atoms with Gasteiger partial charge in [-0.1, -0.05) is 67.6 Å². The molecule has 3 rings (SSSR count). The van der Waals surface area contributed by atoms with E-state index in [9.17, 15) is 4.79 Å². The molecule has 1 amide bonds. The maximum atomic E-state index is 12.0. The Morgan fingerprint density at radius 2 is 1.55 bits per heavy atom. The third-order valence-corrected chi connectivity index (χ3v) is 4.58. The van der Waals surface area contributed by atoms with E-state index >= 15 is 0 Å². The largest absolute Gasteiger partial charge is 0.356 e. The molecule has 114 valence electrons. The Bertz CT molecular complexity index is 569. The molecule has 0 saturated heterocycles. The van der Waals surface area contributed by atoms with E-state index in [0.29, 0.717) is 11.8 Å². The number of hydrogen-bond donors (Lipinski definition) is 1. The fraction of sp³-hybridized carbons (Fsp3) is 0.350. The van der Waals surface area contributed by atoms with Crippen molar-refractivity contribution in [1.29, 1.82) is 0 Å². The molecule has 1 aliphatic rings.